The van der Waals surface area contributed by atoms with Crippen LogP contribution in [0.25, 0.3) is 0 Å². The van der Waals surface area contributed by atoms with Crippen molar-refractivity contribution in [3.8, 4) is 5.75 Å². The molecule has 0 aliphatic carbocycles. The van der Waals surface area contributed by atoms with Crippen LogP contribution >= 0.6 is 0 Å². The van der Waals surface area contributed by atoms with Gasteiger partial charge in [0.05, 0.1) is 7.11 Å². The number of carboxylic acids is 1. The van der Waals surface area contributed by atoms with E-state index in [1.807, 2.05) is 6.07 Å². The van der Waals surface area contributed by atoms with Gasteiger partial charge in [0, 0.05) is 24.7 Å². The number of ether oxygens (including phenoxy) is 1. The summed E-state index contributed by atoms with van der Waals surface area (Å²) in [6.07, 6.45) is 2.71. The second-order valence-electron chi connectivity index (χ2n) is 4.60. The van der Waals surface area contributed by atoms with Crippen LogP contribution in [0.1, 0.15) is 30.9 Å². The molecule has 0 amide bonds. The Balaban J connectivity index is 2.60. The fraction of sp³-hybridized carbons (Fsp3) is 0.400. The lowest BCUT2D eigenvalue weighted by molar-refractivity contribution is -0.131. The molecule has 0 bridgehead atoms. The Hall–Kier alpha value is -1.81. The van der Waals surface area contributed by atoms with Crippen molar-refractivity contribution in [2.75, 3.05) is 13.7 Å². The molecular formula is C15H21NO3. The van der Waals surface area contributed by atoms with E-state index in [4.69, 9.17) is 9.84 Å². The average Bonchev–Trinajstić information content (AvgIpc) is 2.37. The van der Waals surface area contributed by atoms with Crippen molar-refractivity contribution < 1.29 is 14.6 Å². The number of aliphatic carboxylic acids is 1. The standard InChI is InChI=1S/C15H21NO3/c1-11(2)12-6-7-13(14(9-12)19-3)10-16-8-4-5-15(17)18/h4-7,9,11,16H,8,10H2,1-3H3,(H,17,18)/b5-4+. The van der Waals surface area contributed by atoms with Crippen molar-refractivity contribution >= 4 is 5.97 Å². The van der Waals surface area contributed by atoms with Crippen molar-refractivity contribution in [3.63, 3.8) is 0 Å². The number of hydrogen-bond donors (Lipinski definition) is 2. The summed E-state index contributed by atoms with van der Waals surface area (Å²) in [5, 5.41) is 11.6. The van der Waals surface area contributed by atoms with Gasteiger partial charge in [-0.1, -0.05) is 32.1 Å². The van der Waals surface area contributed by atoms with Gasteiger partial charge in [0.15, 0.2) is 0 Å². The second-order valence-corrected chi connectivity index (χ2v) is 4.60. The molecule has 0 saturated carbocycles. The fourth-order valence-corrected chi connectivity index (χ4v) is 1.72. The molecule has 104 valence electrons. The van der Waals surface area contributed by atoms with Gasteiger partial charge in [-0.15, -0.1) is 0 Å². The zero-order chi connectivity index (χ0) is 14.3. The van der Waals surface area contributed by atoms with Crippen LogP contribution in [0.15, 0.2) is 30.4 Å². The summed E-state index contributed by atoms with van der Waals surface area (Å²) >= 11 is 0. The van der Waals surface area contributed by atoms with Crippen molar-refractivity contribution in [2.45, 2.75) is 26.3 Å². The van der Waals surface area contributed by atoms with Crippen LogP contribution in [0.3, 0.4) is 0 Å². The van der Waals surface area contributed by atoms with Crippen molar-refractivity contribution in [1.29, 1.82) is 0 Å². The number of methoxy groups -OCH3 is 1. The molecule has 0 aromatic heterocycles. The average molecular weight is 263 g/mol. The van der Waals surface area contributed by atoms with Crippen LogP contribution in [-0.4, -0.2) is 24.7 Å². The molecule has 2 N–H and O–H groups in total. The monoisotopic (exact) mass is 263 g/mol. The maximum absolute atomic E-state index is 10.3. The summed E-state index contributed by atoms with van der Waals surface area (Å²) in [7, 11) is 1.66. The van der Waals surface area contributed by atoms with Gasteiger partial charge in [-0.25, -0.2) is 4.79 Å². The number of hydrogen-bond acceptors (Lipinski definition) is 3. The quantitative estimate of drug-likeness (QED) is 0.586. The lowest BCUT2D eigenvalue weighted by Crippen LogP contribution is -2.14. The minimum Gasteiger partial charge on any atom is -0.496 e. The van der Waals surface area contributed by atoms with Gasteiger partial charge in [-0.3, -0.25) is 0 Å². The first-order valence-electron chi connectivity index (χ1n) is 6.31. The third-order valence-corrected chi connectivity index (χ3v) is 2.82. The Morgan fingerprint density at radius 1 is 1.47 bits per heavy atom. The lowest BCUT2D eigenvalue weighted by atomic mass is 10.0. The van der Waals surface area contributed by atoms with E-state index in [1.165, 1.54) is 5.56 Å². The minimum absolute atomic E-state index is 0.467. The largest absolute Gasteiger partial charge is 0.496 e. The molecule has 19 heavy (non-hydrogen) atoms. The van der Waals surface area contributed by atoms with Gasteiger partial charge in [0.2, 0.25) is 0 Å². The number of carbonyl (C=O) groups is 1. The SMILES string of the molecule is COc1cc(C(C)C)ccc1CNC/C=C/C(=O)O. The van der Waals surface area contributed by atoms with Gasteiger partial charge in [-0.2, -0.15) is 0 Å². The predicted molar refractivity (Wildman–Crippen MR) is 75.6 cm³/mol. The van der Waals surface area contributed by atoms with E-state index in [0.29, 0.717) is 19.0 Å². The number of nitrogens with one attached hydrogen (secondary N) is 1. The molecule has 4 nitrogen and oxygen atoms in total. The molecule has 0 atom stereocenters. The molecule has 0 saturated heterocycles. The highest BCUT2D eigenvalue weighted by Gasteiger charge is 2.06. The smallest absolute Gasteiger partial charge is 0.328 e. The molecular weight excluding hydrogens is 242 g/mol. The Labute approximate surface area is 114 Å². The van der Waals surface area contributed by atoms with Crippen LogP contribution in [0.5, 0.6) is 5.75 Å². The summed E-state index contributed by atoms with van der Waals surface area (Å²) in [6.45, 7) is 5.44. The van der Waals surface area contributed by atoms with Crippen LogP contribution < -0.4 is 10.1 Å². The maximum atomic E-state index is 10.3. The molecule has 1 aromatic rings. The summed E-state index contributed by atoms with van der Waals surface area (Å²) in [6, 6.07) is 6.19. The van der Waals surface area contributed by atoms with E-state index < -0.39 is 5.97 Å². The van der Waals surface area contributed by atoms with Gasteiger partial charge >= 0.3 is 5.97 Å². The van der Waals surface area contributed by atoms with Crippen molar-refractivity contribution in [2.24, 2.45) is 0 Å². The topological polar surface area (TPSA) is 58.6 Å². The molecule has 4 heteroatoms. The van der Waals surface area contributed by atoms with Crippen LogP contribution in [0.2, 0.25) is 0 Å². The number of rotatable bonds is 7. The van der Waals surface area contributed by atoms with Crippen LogP contribution in [-0.2, 0) is 11.3 Å². The third kappa shape index (κ3) is 5.14. The molecule has 1 aromatic carbocycles. The van der Waals surface area contributed by atoms with Gasteiger partial charge in [0.25, 0.3) is 0 Å². The lowest BCUT2D eigenvalue weighted by Gasteiger charge is -2.12. The highest BCUT2D eigenvalue weighted by Crippen LogP contribution is 2.24. The van der Waals surface area contributed by atoms with E-state index in [0.717, 1.165) is 17.4 Å². The van der Waals surface area contributed by atoms with E-state index in [2.05, 4.69) is 31.3 Å². The summed E-state index contributed by atoms with van der Waals surface area (Å²) in [5.74, 6) is 0.399. The van der Waals surface area contributed by atoms with E-state index in [1.54, 1.807) is 13.2 Å². The molecule has 0 radical (unpaired) electrons. The summed E-state index contributed by atoms with van der Waals surface area (Å²) in [5.41, 5.74) is 2.31. The number of carboxylic acid groups (broad SMARTS) is 1. The summed E-state index contributed by atoms with van der Waals surface area (Å²) in [4.78, 5) is 10.3. The Kier molecular flexibility index (Phi) is 6.09. The third-order valence-electron chi connectivity index (χ3n) is 2.82. The van der Waals surface area contributed by atoms with Crippen molar-refractivity contribution in [3.05, 3.63) is 41.5 Å². The Morgan fingerprint density at radius 2 is 2.21 bits per heavy atom. The zero-order valence-electron chi connectivity index (χ0n) is 11.6. The molecule has 0 heterocycles. The first kappa shape index (κ1) is 15.2. The number of benzene rings is 1. The zero-order valence-corrected chi connectivity index (χ0v) is 11.6. The molecule has 0 aliphatic rings. The van der Waals surface area contributed by atoms with E-state index in [-0.39, 0.29) is 0 Å². The summed E-state index contributed by atoms with van der Waals surface area (Å²) < 4.78 is 5.38. The predicted octanol–water partition coefficient (Wildman–Crippen LogP) is 2.55. The van der Waals surface area contributed by atoms with E-state index in [9.17, 15) is 4.79 Å². The second kappa shape index (κ2) is 7.59. The Morgan fingerprint density at radius 3 is 2.79 bits per heavy atom. The fourth-order valence-electron chi connectivity index (χ4n) is 1.72. The normalized spacial score (nSPS) is 11.2. The minimum atomic E-state index is -0.930. The maximum Gasteiger partial charge on any atom is 0.328 e. The van der Waals surface area contributed by atoms with Crippen LogP contribution in [0.4, 0.5) is 0 Å². The van der Waals surface area contributed by atoms with Crippen molar-refractivity contribution in [1.82, 2.24) is 5.32 Å². The van der Waals surface area contributed by atoms with Gasteiger partial charge < -0.3 is 15.2 Å². The molecule has 1 rings (SSSR count). The highest BCUT2D eigenvalue weighted by atomic mass is 16.5. The highest BCUT2D eigenvalue weighted by molar-refractivity contribution is 5.79. The van der Waals surface area contributed by atoms with Gasteiger partial charge in [0.1, 0.15) is 5.75 Å². The Bertz CT molecular complexity index is 453. The molecule has 0 unspecified atom stereocenters. The molecule has 0 spiro atoms. The first-order valence-corrected chi connectivity index (χ1v) is 6.31. The van der Waals surface area contributed by atoms with Gasteiger partial charge in [-0.05, 0) is 17.5 Å². The molecule has 0 aliphatic heterocycles. The first-order chi connectivity index (χ1) is 9.04. The molecule has 0 fully saturated rings. The van der Waals surface area contributed by atoms with Crippen LogP contribution in [0, 0.1) is 0 Å². The van der Waals surface area contributed by atoms with E-state index >= 15 is 0 Å².